The van der Waals surface area contributed by atoms with Gasteiger partial charge in [0, 0.05) is 32.7 Å². The third kappa shape index (κ3) is 5.94. The first kappa shape index (κ1) is 19.6. The molecule has 2 atom stereocenters. The predicted molar refractivity (Wildman–Crippen MR) is 111 cm³/mol. The summed E-state index contributed by atoms with van der Waals surface area (Å²) in [4.78, 5) is 4.33. The van der Waals surface area contributed by atoms with E-state index in [9.17, 15) is 0 Å². The van der Waals surface area contributed by atoms with Gasteiger partial charge in [-0.2, -0.15) is 0 Å². The van der Waals surface area contributed by atoms with E-state index in [0.717, 1.165) is 51.8 Å². The molecule has 2 N–H and O–H groups in total. The SMILES string of the molecule is CN=C(NCCCOCC1CCOC1)NC(C)c1ccc2ccccc2c1. The van der Waals surface area contributed by atoms with E-state index in [0.29, 0.717) is 5.92 Å². The highest BCUT2D eigenvalue weighted by molar-refractivity contribution is 5.84. The number of rotatable bonds is 8. The molecule has 0 aliphatic carbocycles. The number of ether oxygens (including phenoxy) is 2. The van der Waals surface area contributed by atoms with Gasteiger partial charge in [-0.05, 0) is 42.2 Å². The van der Waals surface area contributed by atoms with E-state index in [-0.39, 0.29) is 6.04 Å². The summed E-state index contributed by atoms with van der Waals surface area (Å²) in [6, 6.07) is 15.2. The van der Waals surface area contributed by atoms with Gasteiger partial charge in [0.15, 0.2) is 5.96 Å². The zero-order valence-corrected chi connectivity index (χ0v) is 16.4. The van der Waals surface area contributed by atoms with Crippen LogP contribution in [-0.4, -0.2) is 46.0 Å². The Bertz CT molecular complexity index is 741. The molecule has 1 aliphatic heterocycles. The summed E-state index contributed by atoms with van der Waals surface area (Å²) < 4.78 is 11.1. The Morgan fingerprint density at radius 3 is 2.89 bits per heavy atom. The molecule has 3 rings (SSSR count). The number of nitrogens with one attached hydrogen (secondary N) is 2. The molecular formula is C22H31N3O2. The van der Waals surface area contributed by atoms with Gasteiger partial charge in [0.1, 0.15) is 0 Å². The fourth-order valence-corrected chi connectivity index (χ4v) is 3.31. The van der Waals surface area contributed by atoms with Gasteiger partial charge in [0.05, 0.1) is 19.3 Å². The highest BCUT2D eigenvalue weighted by atomic mass is 16.5. The molecule has 1 saturated heterocycles. The number of guanidine groups is 1. The maximum absolute atomic E-state index is 5.74. The first-order valence-corrected chi connectivity index (χ1v) is 9.87. The van der Waals surface area contributed by atoms with Gasteiger partial charge in [0.25, 0.3) is 0 Å². The van der Waals surface area contributed by atoms with Crippen LogP contribution in [-0.2, 0) is 9.47 Å². The molecular weight excluding hydrogens is 338 g/mol. The average molecular weight is 370 g/mol. The lowest BCUT2D eigenvalue weighted by Gasteiger charge is -2.19. The second kappa shape index (κ2) is 10.3. The molecule has 0 spiro atoms. The molecule has 5 heteroatoms. The highest BCUT2D eigenvalue weighted by Gasteiger charge is 2.15. The third-order valence-corrected chi connectivity index (χ3v) is 4.99. The van der Waals surface area contributed by atoms with Gasteiger partial charge in [-0.1, -0.05) is 36.4 Å². The molecule has 2 aromatic rings. The summed E-state index contributed by atoms with van der Waals surface area (Å²) in [7, 11) is 1.80. The van der Waals surface area contributed by atoms with E-state index in [4.69, 9.17) is 9.47 Å². The van der Waals surface area contributed by atoms with E-state index >= 15 is 0 Å². The van der Waals surface area contributed by atoms with Crippen LogP contribution < -0.4 is 10.6 Å². The Hall–Kier alpha value is -2.11. The first-order valence-electron chi connectivity index (χ1n) is 9.87. The molecule has 2 aromatic carbocycles. The molecule has 1 heterocycles. The van der Waals surface area contributed by atoms with Crippen LogP contribution in [0.4, 0.5) is 0 Å². The molecule has 2 unspecified atom stereocenters. The summed E-state index contributed by atoms with van der Waals surface area (Å²) >= 11 is 0. The molecule has 0 aromatic heterocycles. The molecule has 0 bridgehead atoms. The van der Waals surface area contributed by atoms with E-state index in [2.05, 4.69) is 65.0 Å². The van der Waals surface area contributed by atoms with Gasteiger partial charge >= 0.3 is 0 Å². The zero-order chi connectivity index (χ0) is 18.9. The van der Waals surface area contributed by atoms with Crippen molar-refractivity contribution in [3.8, 4) is 0 Å². The van der Waals surface area contributed by atoms with Crippen LogP contribution in [0.15, 0.2) is 47.5 Å². The van der Waals surface area contributed by atoms with Crippen molar-refractivity contribution in [1.29, 1.82) is 0 Å². The molecule has 1 aliphatic rings. The highest BCUT2D eigenvalue weighted by Crippen LogP contribution is 2.20. The molecule has 0 radical (unpaired) electrons. The van der Waals surface area contributed by atoms with Crippen LogP contribution >= 0.6 is 0 Å². The monoisotopic (exact) mass is 369 g/mol. The van der Waals surface area contributed by atoms with Crippen molar-refractivity contribution >= 4 is 16.7 Å². The topological polar surface area (TPSA) is 54.9 Å². The van der Waals surface area contributed by atoms with Gasteiger partial charge in [0.2, 0.25) is 0 Å². The van der Waals surface area contributed by atoms with Crippen LogP contribution in [0.1, 0.15) is 31.4 Å². The summed E-state index contributed by atoms with van der Waals surface area (Å²) in [5.74, 6) is 1.40. The van der Waals surface area contributed by atoms with Crippen LogP contribution in [0.3, 0.4) is 0 Å². The minimum atomic E-state index is 0.180. The Balaban J connectivity index is 1.39. The van der Waals surface area contributed by atoms with Crippen LogP contribution in [0, 0.1) is 5.92 Å². The second-order valence-corrected chi connectivity index (χ2v) is 7.13. The Labute approximate surface area is 162 Å². The smallest absolute Gasteiger partial charge is 0.191 e. The van der Waals surface area contributed by atoms with Gasteiger partial charge in [-0.25, -0.2) is 0 Å². The van der Waals surface area contributed by atoms with Crippen LogP contribution in [0.2, 0.25) is 0 Å². The Morgan fingerprint density at radius 2 is 2.11 bits per heavy atom. The van der Waals surface area contributed by atoms with E-state index in [1.807, 2.05) is 0 Å². The van der Waals surface area contributed by atoms with E-state index in [1.165, 1.54) is 16.3 Å². The van der Waals surface area contributed by atoms with Gasteiger partial charge in [-0.3, -0.25) is 4.99 Å². The molecule has 0 saturated carbocycles. The van der Waals surface area contributed by atoms with E-state index in [1.54, 1.807) is 7.05 Å². The Morgan fingerprint density at radius 1 is 1.26 bits per heavy atom. The lowest BCUT2D eigenvalue weighted by atomic mass is 10.0. The average Bonchev–Trinajstić information content (AvgIpc) is 3.22. The minimum absolute atomic E-state index is 0.180. The minimum Gasteiger partial charge on any atom is -0.381 e. The molecule has 146 valence electrons. The third-order valence-electron chi connectivity index (χ3n) is 4.99. The van der Waals surface area contributed by atoms with Crippen molar-refractivity contribution in [2.45, 2.75) is 25.8 Å². The lowest BCUT2D eigenvalue weighted by Crippen LogP contribution is -2.39. The lowest BCUT2D eigenvalue weighted by molar-refractivity contribution is 0.0888. The van der Waals surface area contributed by atoms with Gasteiger partial charge in [-0.15, -0.1) is 0 Å². The molecule has 27 heavy (non-hydrogen) atoms. The quantitative estimate of drug-likeness (QED) is 0.425. The second-order valence-electron chi connectivity index (χ2n) is 7.13. The standard InChI is InChI=1S/C22H31N3O2/c1-17(20-9-8-19-6-3-4-7-21(19)14-20)25-22(23-2)24-11-5-12-26-15-18-10-13-27-16-18/h3-4,6-9,14,17-18H,5,10-13,15-16H2,1-2H3,(H2,23,24,25). The maximum Gasteiger partial charge on any atom is 0.191 e. The molecule has 0 amide bonds. The van der Waals surface area contributed by atoms with Gasteiger partial charge < -0.3 is 20.1 Å². The van der Waals surface area contributed by atoms with Crippen molar-refractivity contribution < 1.29 is 9.47 Å². The summed E-state index contributed by atoms with van der Waals surface area (Å²) in [6.45, 7) is 6.30. The largest absolute Gasteiger partial charge is 0.381 e. The molecule has 1 fully saturated rings. The normalized spacial score (nSPS) is 18.6. The molecule has 5 nitrogen and oxygen atoms in total. The summed E-state index contributed by atoms with van der Waals surface area (Å²) in [5, 5.41) is 9.36. The van der Waals surface area contributed by atoms with Crippen LogP contribution in [0.5, 0.6) is 0 Å². The van der Waals surface area contributed by atoms with Crippen molar-refractivity contribution in [2.24, 2.45) is 10.9 Å². The fraction of sp³-hybridized carbons (Fsp3) is 0.500. The zero-order valence-electron chi connectivity index (χ0n) is 16.4. The van der Waals surface area contributed by atoms with Crippen molar-refractivity contribution in [3.63, 3.8) is 0 Å². The number of benzene rings is 2. The number of hydrogen-bond acceptors (Lipinski definition) is 3. The Kier molecular flexibility index (Phi) is 7.48. The summed E-state index contributed by atoms with van der Waals surface area (Å²) in [5.41, 5.74) is 1.25. The van der Waals surface area contributed by atoms with Crippen molar-refractivity contribution in [2.75, 3.05) is 40.0 Å². The van der Waals surface area contributed by atoms with Crippen molar-refractivity contribution in [3.05, 3.63) is 48.0 Å². The maximum atomic E-state index is 5.74. The van der Waals surface area contributed by atoms with E-state index < -0.39 is 0 Å². The fourth-order valence-electron chi connectivity index (χ4n) is 3.31. The predicted octanol–water partition coefficient (Wildman–Crippen LogP) is 3.51. The van der Waals surface area contributed by atoms with Crippen LogP contribution in [0.25, 0.3) is 10.8 Å². The summed E-state index contributed by atoms with van der Waals surface area (Å²) in [6.07, 6.45) is 2.08. The van der Waals surface area contributed by atoms with Crippen molar-refractivity contribution in [1.82, 2.24) is 10.6 Å². The number of nitrogens with zero attached hydrogens (tertiary/aromatic N) is 1. The number of hydrogen-bond donors (Lipinski definition) is 2. The number of aliphatic imine (C=N–C) groups is 1. The first-order chi connectivity index (χ1) is 13.3. The number of fused-ring (bicyclic) bond motifs is 1.